The molecule has 1 saturated heterocycles. The number of carboxylic acid groups (broad SMARTS) is 1. The number of aliphatic imine (C=N–C) groups is 1. The number of aliphatic carboxylic acids is 1. The summed E-state index contributed by atoms with van der Waals surface area (Å²) in [5.74, 6) is -3.37. The average Bonchev–Trinajstić information content (AvgIpc) is 3.52. The Kier molecular flexibility index (Phi) is 10.9. The van der Waals surface area contributed by atoms with Crippen LogP contribution in [0.2, 0.25) is 0 Å². The smallest absolute Gasteiger partial charge is 0.326 e. The summed E-state index contributed by atoms with van der Waals surface area (Å²) in [6.07, 6.45) is 4.69. The quantitative estimate of drug-likeness (QED) is 0.0693. The number of imidazole rings is 1. The molecule has 0 saturated carbocycles. The van der Waals surface area contributed by atoms with Crippen molar-refractivity contribution < 1.29 is 29.4 Å². The maximum atomic E-state index is 12.9. The Bertz CT molecular complexity index is 882. The third-order valence-corrected chi connectivity index (χ3v) is 5.36. The van der Waals surface area contributed by atoms with Gasteiger partial charge in [-0.2, -0.15) is 0 Å². The minimum Gasteiger partial charge on any atom is -0.480 e. The third kappa shape index (κ3) is 9.21. The van der Waals surface area contributed by atoms with Crippen molar-refractivity contribution in [3.8, 4) is 0 Å². The minimum atomic E-state index is -1.44. The van der Waals surface area contributed by atoms with Crippen LogP contribution in [0.3, 0.4) is 0 Å². The largest absolute Gasteiger partial charge is 0.480 e. The van der Waals surface area contributed by atoms with Gasteiger partial charge < -0.3 is 47.9 Å². The number of amides is 3. The van der Waals surface area contributed by atoms with Crippen molar-refractivity contribution in [3.63, 3.8) is 0 Å². The SMILES string of the molecule is NC(N)=NCCC[C@H](NC(=O)[C@@H]1CCCN1)C(=O)N[C@@H](CO)C(=O)N[C@@H](Cc1cnc[nH]1)C(=O)O. The summed E-state index contributed by atoms with van der Waals surface area (Å²) in [4.78, 5) is 60.0. The molecule has 0 aliphatic carbocycles. The highest BCUT2D eigenvalue weighted by molar-refractivity contribution is 5.94. The van der Waals surface area contributed by atoms with E-state index in [2.05, 4.69) is 36.2 Å². The molecule has 0 radical (unpaired) electrons. The molecule has 0 unspecified atom stereocenters. The van der Waals surface area contributed by atoms with Gasteiger partial charge >= 0.3 is 5.97 Å². The zero-order chi connectivity index (χ0) is 25.8. The van der Waals surface area contributed by atoms with Gasteiger partial charge in [0.25, 0.3) is 0 Å². The van der Waals surface area contributed by atoms with Gasteiger partial charge in [0.05, 0.1) is 19.0 Å². The Labute approximate surface area is 201 Å². The number of hydrogen-bond acceptors (Lipinski definition) is 8. The predicted molar refractivity (Wildman–Crippen MR) is 124 cm³/mol. The second-order valence-corrected chi connectivity index (χ2v) is 8.08. The van der Waals surface area contributed by atoms with Crippen LogP contribution in [-0.4, -0.2) is 93.7 Å². The van der Waals surface area contributed by atoms with Gasteiger partial charge in [-0.15, -0.1) is 0 Å². The van der Waals surface area contributed by atoms with Crippen molar-refractivity contribution in [2.45, 2.75) is 56.3 Å². The summed E-state index contributed by atoms with van der Waals surface area (Å²) in [7, 11) is 0. The first-order chi connectivity index (χ1) is 16.7. The van der Waals surface area contributed by atoms with E-state index in [1.54, 1.807) is 0 Å². The highest BCUT2D eigenvalue weighted by Gasteiger charge is 2.31. The van der Waals surface area contributed by atoms with Crippen molar-refractivity contribution in [1.82, 2.24) is 31.2 Å². The molecule has 3 amide bonds. The zero-order valence-electron chi connectivity index (χ0n) is 19.2. The van der Waals surface area contributed by atoms with E-state index in [1.165, 1.54) is 12.5 Å². The Morgan fingerprint density at radius 2 is 1.86 bits per heavy atom. The Morgan fingerprint density at radius 1 is 1.14 bits per heavy atom. The summed E-state index contributed by atoms with van der Waals surface area (Å²) < 4.78 is 0. The van der Waals surface area contributed by atoms with Crippen LogP contribution in [0.25, 0.3) is 0 Å². The molecule has 1 aliphatic heterocycles. The number of guanidine groups is 1. The fourth-order valence-electron chi connectivity index (χ4n) is 3.51. The number of nitrogens with one attached hydrogen (secondary N) is 5. The molecule has 0 aromatic carbocycles. The van der Waals surface area contributed by atoms with Crippen LogP contribution >= 0.6 is 0 Å². The molecule has 1 aromatic heterocycles. The van der Waals surface area contributed by atoms with Crippen molar-refractivity contribution in [2.75, 3.05) is 19.7 Å². The number of rotatable bonds is 14. The highest BCUT2D eigenvalue weighted by Crippen LogP contribution is 2.07. The second kappa shape index (κ2) is 13.9. The van der Waals surface area contributed by atoms with Crippen LogP contribution in [0.1, 0.15) is 31.4 Å². The molecule has 1 aromatic rings. The zero-order valence-corrected chi connectivity index (χ0v) is 19.2. The number of hydrogen-bond donors (Lipinski definition) is 9. The van der Waals surface area contributed by atoms with E-state index in [0.717, 1.165) is 6.42 Å². The number of aromatic nitrogens is 2. The van der Waals surface area contributed by atoms with Crippen molar-refractivity contribution >= 4 is 29.7 Å². The Morgan fingerprint density at radius 3 is 2.43 bits per heavy atom. The number of carboxylic acids is 1. The molecule has 2 heterocycles. The number of carbonyl (C=O) groups excluding carboxylic acids is 3. The van der Waals surface area contributed by atoms with E-state index >= 15 is 0 Å². The fraction of sp³-hybridized carbons (Fsp3) is 0.600. The number of nitrogens with zero attached hydrogens (tertiary/aromatic N) is 2. The molecule has 15 nitrogen and oxygen atoms in total. The summed E-state index contributed by atoms with van der Waals surface area (Å²) in [6, 6.07) is -4.22. The second-order valence-electron chi connectivity index (χ2n) is 8.08. The average molecular weight is 496 g/mol. The van der Waals surface area contributed by atoms with Crippen molar-refractivity contribution in [3.05, 3.63) is 18.2 Å². The van der Waals surface area contributed by atoms with Gasteiger partial charge in [-0.3, -0.25) is 19.4 Å². The van der Waals surface area contributed by atoms with Crippen LogP contribution in [-0.2, 0) is 25.6 Å². The summed E-state index contributed by atoms with van der Waals surface area (Å²) in [6.45, 7) is 0.129. The Balaban J connectivity index is 2.02. The topological polar surface area (TPSA) is 250 Å². The van der Waals surface area contributed by atoms with E-state index in [1.807, 2.05) is 0 Å². The molecule has 35 heavy (non-hydrogen) atoms. The number of nitrogens with two attached hydrogens (primary N) is 2. The lowest BCUT2D eigenvalue weighted by Crippen LogP contribution is -2.58. The number of aliphatic hydroxyl groups is 1. The van der Waals surface area contributed by atoms with Gasteiger partial charge in [0.2, 0.25) is 17.7 Å². The molecular formula is C20H33N9O6. The fourth-order valence-corrected chi connectivity index (χ4v) is 3.51. The van der Waals surface area contributed by atoms with Gasteiger partial charge in [0.15, 0.2) is 5.96 Å². The van der Waals surface area contributed by atoms with Gasteiger partial charge in [-0.1, -0.05) is 0 Å². The molecule has 15 heteroatoms. The normalized spacial score (nSPS) is 17.6. The molecular weight excluding hydrogens is 462 g/mol. The Hall–Kier alpha value is -3.72. The van der Waals surface area contributed by atoms with Crippen LogP contribution in [0, 0.1) is 0 Å². The van der Waals surface area contributed by atoms with Crippen LogP contribution in [0.15, 0.2) is 17.5 Å². The lowest BCUT2D eigenvalue weighted by atomic mass is 10.1. The molecule has 194 valence electrons. The maximum absolute atomic E-state index is 12.9. The number of aliphatic hydroxyl groups excluding tert-OH is 1. The maximum Gasteiger partial charge on any atom is 0.326 e. The minimum absolute atomic E-state index is 0.0783. The first kappa shape index (κ1) is 27.5. The molecule has 11 N–H and O–H groups in total. The van der Waals surface area contributed by atoms with Crippen LogP contribution in [0.5, 0.6) is 0 Å². The van der Waals surface area contributed by atoms with Crippen LogP contribution < -0.4 is 32.7 Å². The first-order valence-electron chi connectivity index (χ1n) is 11.2. The molecule has 0 bridgehead atoms. The predicted octanol–water partition coefficient (Wildman–Crippen LogP) is -3.71. The van der Waals surface area contributed by atoms with Gasteiger partial charge in [-0.05, 0) is 32.2 Å². The number of H-pyrrole nitrogens is 1. The molecule has 1 aliphatic rings. The van der Waals surface area contributed by atoms with Gasteiger partial charge in [0.1, 0.15) is 18.1 Å². The molecule has 1 fully saturated rings. The number of aromatic amines is 1. The van der Waals surface area contributed by atoms with Crippen molar-refractivity contribution in [1.29, 1.82) is 0 Å². The van der Waals surface area contributed by atoms with E-state index in [-0.39, 0.29) is 31.3 Å². The number of carbonyl (C=O) groups is 4. The van der Waals surface area contributed by atoms with Gasteiger partial charge in [-0.25, -0.2) is 9.78 Å². The lowest BCUT2D eigenvalue weighted by Gasteiger charge is -2.24. The standard InChI is InChI=1S/C20H33N9O6/c21-20(22)25-6-2-4-13(27-16(31)12-3-1-5-24-12)17(32)29-15(9-30)18(33)28-14(19(34)35)7-11-8-23-10-26-11/h8,10,12-15,24,30H,1-7,9H2,(H,23,26)(H,27,31)(H,28,33)(H,29,32)(H,34,35)(H4,21,22,25)/t12-,13-,14-,15-/m0/s1. The summed E-state index contributed by atoms with van der Waals surface area (Å²) >= 11 is 0. The van der Waals surface area contributed by atoms with E-state index in [9.17, 15) is 29.4 Å². The highest BCUT2D eigenvalue weighted by atomic mass is 16.4. The molecule has 2 rings (SSSR count). The van der Waals surface area contributed by atoms with Crippen molar-refractivity contribution in [2.24, 2.45) is 16.5 Å². The summed E-state index contributed by atoms with van der Waals surface area (Å²) in [5.41, 5.74) is 11.1. The third-order valence-electron chi connectivity index (χ3n) is 5.36. The lowest BCUT2D eigenvalue weighted by molar-refractivity contribution is -0.142. The van der Waals surface area contributed by atoms with E-state index < -0.39 is 48.6 Å². The van der Waals surface area contributed by atoms with E-state index in [4.69, 9.17) is 11.5 Å². The monoisotopic (exact) mass is 495 g/mol. The summed E-state index contributed by atoms with van der Waals surface area (Å²) in [5, 5.41) is 29.5. The van der Waals surface area contributed by atoms with Crippen LogP contribution in [0.4, 0.5) is 0 Å². The van der Waals surface area contributed by atoms with Gasteiger partial charge in [0, 0.05) is 24.9 Å². The molecule has 4 atom stereocenters. The molecule has 0 spiro atoms. The van der Waals surface area contributed by atoms with E-state index in [0.29, 0.717) is 25.1 Å². The first-order valence-corrected chi connectivity index (χ1v) is 11.2.